The average molecular weight is 367 g/mol. The summed E-state index contributed by atoms with van der Waals surface area (Å²) < 4.78 is 39.2. The Morgan fingerprint density at radius 2 is 1.83 bits per heavy atom. The first-order valence-corrected chi connectivity index (χ1v) is 5.71. The Kier molecular flexibility index (Phi) is 3.55. The summed E-state index contributed by atoms with van der Waals surface area (Å²) in [5.41, 5.74) is -0.721. The molecular weight excluding hydrogens is 362 g/mol. The van der Waals surface area contributed by atoms with Crippen LogP contribution in [0.25, 0.3) is 0 Å². The topological polar surface area (TPSA) is 57.8 Å². The van der Waals surface area contributed by atoms with Gasteiger partial charge in [-0.1, -0.05) is 0 Å². The molecule has 4 nitrogen and oxygen atoms in total. The van der Waals surface area contributed by atoms with Gasteiger partial charge < -0.3 is 10.3 Å². The quantitative estimate of drug-likeness (QED) is 0.634. The van der Waals surface area contributed by atoms with Crippen molar-refractivity contribution in [2.75, 3.05) is 5.32 Å². The third-order valence-corrected chi connectivity index (χ3v) is 3.06. The lowest BCUT2D eigenvalue weighted by Crippen LogP contribution is -2.13. The summed E-state index contributed by atoms with van der Waals surface area (Å²) in [6, 6.07) is 1.07. The number of benzene rings is 1. The van der Waals surface area contributed by atoms with E-state index < -0.39 is 23.0 Å². The molecule has 0 spiro atoms. The molecule has 1 aromatic heterocycles. The van der Waals surface area contributed by atoms with E-state index in [4.69, 9.17) is 0 Å². The average Bonchev–Trinajstić information content (AvgIpc) is 2.32. The van der Waals surface area contributed by atoms with Gasteiger partial charge >= 0.3 is 0 Å². The number of rotatable bonds is 2. The lowest BCUT2D eigenvalue weighted by Gasteiger charge is -2.08. The second-order valence-corrected chi connectivity index (χ2v) is 4.34. The van der Waals surface area contributed by atoms with Crippen LogP contribution in [-0.2, 0) is 0 Å². The maximum atomic E-state index is 13.4. The van der Waals surface area contributed by atoms with Crippen molar-refractivity contribution < 1.29 is 13.2 Å². The number of nitrogens with one attached hydrogen (secondary N) is 2. The molecule has 0 fully saturated rings. The molecule has 2 N–H and O–H groups in total. The fourth-order valence-corrected chi connectivity index (χ4v) is 1.65. The van der Waals surface area contributed by atoms with Crippen molar-refractivity contribution in [3.8, 4) is 0 Å². The number of aromatic nitrogens is 2. The smallest absolute Gasteiger partial charge is 0.266 e. The third kappa shape index (κ3) is 2.47. The number of hydrogen-bond donors (Lipinski definition) is 2. The van der Waals surface area contributed by atoms with Crippen LogP contribution in [0.1, 0.15) is 0 Å². The van der Waals surface area contributed by atoms with Crippen LogP contribution in [0.4, 0.5) is 24.7 Å². The number of anilines is 2. The molecule has 0 unspecified atom stereocenters. The summed E-state index contributed by atoms with van der Waals surface area (Å²) in [4.78, 5) is 17.4. The van der Waals surface area contributed by atoms with Crippen LogP contribution < -0.4 is 10.9 Å². The zero-order valence-electron chi connectivity index (χ0n) is 8.60. The van der Waals surface area contributed by atoms with Crippen LogP contribution in [0.3, 0.4) is 0 Å². The Labute approximate surface area is 112 Å². The van der Waals surface area contributed by atoms with Crippen molar-refractivity contribution in [1.82, 2.24) is 9.97 Å². The van der Waals surface area contributed by atoms with E-state index in [-0.39, 0.29) is 15.1 Å². The van der Waals surface area contributed by atoms with Crippen LogP contribution in [0.2, 0.25) is 0 Å². The van der Waals surface area contributed by atoms with E-state index in [2.05, 4.69) is 15.3 Å². The molecule has 0 amide bonds. The Bertz CT molecular complexity index is 659. The fraction of sp³-hybridized carbons (Fsp3) is 0. The molecule has 0 aliphatic carbocycles. The highest BCUT2D eigenvalue weighted by Gasteiger charge is 2.12. The number of aromatic amines is 1. The van der Waals surface area contributed by atoms with Crippen LogP contribution in [0.15, 0.2) is 23.3 Å². The van der Waals surface area contributed by atoms with Crippen LogP contribution in [0, 0.1) is 21.0 Å². The number of H-pyrrole nitrogens is 1. The van der Waals surface area contributed by atoms with Gasteiger partial charge in [0.15, 0.2) is 17.5 Å². The van der Waals surface area contributed by atoms with Gasteiger partial charge in [0.05, 0.1) is 12.0 Å². The maximum absolute atomic E-state index is 13.4. The summed E-state index contributed by atoms with van der Waals surface area (Å²) in [6.07, 6.45) is 1.12. The molecule has 2 rings (SSSR count). The lowest BCUT2D eigenvalue weighted by atomic mass is 10.3. The largest absolute Gasteiger partial charge is 0.337 e. The summed E-state index contributed by atoms with van der Waals surface area (Å²) in [5, 5.41) is 2.43. The molecule has 18 heavy (non-hydrogen) atoms. The molecule has 0 radical (unpaired) electrons. The zero-order chi connectivity index (χ0) is 13.3. The van der Waals surface area contributed by atoms with E-state index >= 15 is 0 Å². The molecule has 8 heteroatoms. The van der Waals surface area contributed by atoms with Gasteiger partial charge in [0.25, 0.3) is 5.56 Å². The van der Waals surface area contributed by atoms with Gasteiger partial charge in [-0.2, -0.15) is 0 Å². The second kappa shape index (κ2) is 4.96. The first-order valence-electron chi connectivity index (χ1n) is 4.64. The number of nitrogens with zero attached hydrogens (tertiary/aromatic N) is 1. The molecule has 0 aliphatic heterocycles. The Hall–Kier alpha value is -1.58. The first kappa shape index (κ1) is 12.9. The van der Waals surface area contributed by atoms with Gasteiger partial charge in [-0.05, 0) is 22.6 Å². The van der Waals surface area contributed by atoms with Crippen LogP contribution >= 0.6 is 22.6 Å². The molecular formula is C10H5F3IN3O. The standard InChI is InChI=1S/C10H5F3IN3O/c11-4-1-6(13)7(2-5(4)12)17-9-8(14)10(18)16-3-15-9/h1-3H,(H2,15,16,17,18). The van der Waals surface area contributed by atoms with E-state index in [0.29, 0.717) is 12.1 Å². The molecule has 94 valence electrons. The third-order valence-electron chi connectivity index (χ3n) is 2.06. The minimum atomic E-state index is -1.29. The summed E-state index contributed by atoms with van der Waals surface area (Å²) in [6.45, 7) is 0. The monoisotopic (exact) mass is 367 g/mol. The van der Waals surface area contributed by atoms with E-state index in [1.54, 1.807) is 22.6 Å². The Balaban J connectivity index is 2.43. The van der Waals surface area contributed by atoms with Crippen molar-refractivity contribution in [1.29, 1.82) is 0 Å². The van der Waals surface area contributed by atoms with Crippen molar-refractivity contribution in [2.24, 2.45) is 0 Å². The summed E-state index contributed by atoms with van der Waals surface area (Å²) >= 11 is 1.70. The van der Waals surface area contributed by atoms with Crippen molar-refractivity contribution >= 4 is 34.1 Å². The minimum absolute atomic E-state index is 0.0595. The SMILES string of the molecule is O=c1[nH]cnc(Nc2cc(F)c(F)cc2F)c1I. The minimum Gasteiger partial charge on any atom is -0.337 e. The fourth-order valence-electron chi connectivity index (χ4n) is 1.22. The van der Waals surface area contributed by atoms with Crippen molar-refractivity contribution in [3.05, 3.63) is 49.8 Å². The van der Waals surface area contributed by atoms with Crippen LogP contribution in [-0.4, -0.2) is 9.97 Å². The number of halogens is 4. The number of hydrogen-bond acceptors (Lipinski definition) is 3. The van der Waals surface area contributed by atoms with Gasteiger partial charge in [0.2, 0.25) is 0 Å². The van der Waals surface area contributed by atoms with Crippen molar-refractivity contribution in [3.63, 3.8) is 0 Å². The van der Waals surface area contributed by atoms with E-state index in [9.17, 15) is 18.0 Å². The maximum Gasteiger partial charge on any atom is 0.266 e. The molecule has 0 saturated heterocycles. The summed E-state index contributed by atoms with van der Waals surface area (Å²) in [5.74, 6) is -3.40. The highest BCUT2D eigenvalue weighted by molar-refractivity contribution is 14.1. The molecule has 0 aliphatic rings. The lowest BCUT2D eigenvalue weighted by molar-refractivity contribution is 0.496. The highest BCUT2D eigenvalue weighted by Crippen LogP contribution is 2.22. The van der Waals surface area contributed by atoms with Gasteiger partial charge in [-0.25, -0.2) is 18.2 Å². The van der Waals surface area contributed by atoms with Gasteiger partial charge in [0.1, 0.15) is 9.39 Å². The Morgan fingerprint density at radius 1 is 1.17 bits per heavy atom. The molecule has 2 aromatic rings. The second-order valence-electron chi connectivity index (χ2n) is 3.27. The molecule has 1 aromatic carbocycles. The highest BCUT2D eigenvalue weighted by atomic mass is 127. The summed E-state index contributed by atoms with van der Waals surface area (Å²) in [7, 11) is 0. The predicted octanol–water partition coefficient (Wildman–Crippen LogP) is 2.54. The van der Waals surface area contributed by atoms with Crippen molar-refractivity contribution in [2.45, 2.75) is 0 Å². The molecule has 0 bridgehead atoms. The predicted molar refractivity (Wildman–Crippen MR) is 67.2 cm³/mol. The molecule has 0 atom stereocenters. The van der Waals surface area contributed by atoms with Gasteiger partial charge in [0, 0.05) is 12.1 Å². The normalized spacial score (nSPS) is 10.4. The van der Waals surface area contributed by atoms with Gasteiger partial charge in [-0.15, -0.1) is 0 Å². The first-order chi connectivity index (χ1) is 8.49. The Morgan fingerprint density at radius 3 is 2.56 bits per heavy atom. The zero-order valence-corrected chi connectivity index (χ0v) is 10.8. The van der Waals surface area contributed by atoms with E-state index in [0.717, 1.165) is 6.33 Å². The van der Waals surface area contributed by atoms with Crippen LogP contribution in [0.5, 0.6) is 0 Å². The molecule has 1 heterocycles. The van der Waals surface area contributed by atoms with E-state index in [1.165, 1.54) is 0 Å². The molecule has 0 saturated carbocycles. The van der Waals surface area contributed by atoms with E-state index in [1.807, 2.05) is 0 Å². The van der Waals surface area contributed by atoms with Gasteiger partial charge in [-0.3, -0.25) is 4.79 Å².